The maximum atomic E-state index is 12.6. The molecule has 0 aliphatic heterocycles. The van der Waals surface area contributed by atoms with E-state index in [0.717, 1.165) is 23.4 Å². The first-order valence-corrected chi connectivity index (χ1v) is 11.4. The minimum Gasteiger partial charge on any atom is -0.478 e. The number of nitrogens with one attached hydrogen (secondary N) is 1. The summed E-state index contributed by atoms with van der Waals surface area (Å²) in [7, 11) is 3.79. The van der Waals surface area contributed by atoms with Crippen molar-refractivity contribution in [3.8, 4) is 0 Å². The zero-order chi connectivity index (χ0) is 28.8. The van der Waals surface area contributed by atoms with Crippen LogP contribution in [0, 0.1) is 20.8 Å². The summed E-state index contributed by atoms with van der Waals surface area (Å²) in [6.07, 6.45) is -4.33. The fourth-order valence-corrected chi connectivity index (χ4v) is 3.72. The average molecular weight is 535 g/mol. The lowest BCUT2D eigenvalue weighted by Gasteiger charge is -2.22. The molecule has 9 nitrogen and oxygen atoms in total. The Labute approximate surface area is 217 Å². The van der Waals surface area contributed by atoms with Crippen molar-refractivity contribution in [2.75, 3.05) is 23.8 Å². The summed E-state index contributed by atoms with van der Waals surface area (Å²) >= 11 is 0. The number of nitrogens with zero attached hydrogens (tertiary/aromatic N) is 3. The highest BCUT2D eigenvalue weighted by molar-refractivity contribution is 6.06. The molecular formula is C26H29F3N4O5. The van der Waals surface area contributed by atoms with Gasteiger partial charge in [-0.05, 0) is 62.6 Å². The Morgan fingerprint density at radius 3 is 2.13 bits per heavy atom. The largest absolute Gasteiger partial charge is 0.490 e. The van der Waals surface area contributed by atoms with Crippen molar-refractivity contribution in [1.82, 2.24) is 9.78 Å². The van der Waals surface area contributed by atoms with Gasteiger partial charge < -0.3 is 20.4 Å². The first kappa shape index (κ1) is 29.9. The van der Waals surface area contributed by atoms with Gasteiger partial charge in [0, 0.05) is 37.6 Å². The molecule has 3 N–H and O–H groups in total. The number of aromatic nitrogens is 2. The summed E-state index contributed by atoms with van der Waals surface area (Å²) in [6.45, 7) is 6.52. The molecule has 0 aliphatic carbocycles. The van der Waals surface area contributed by atoms with Gasteiger partial charge in [-0.25, -0.2) is 9.59 Å². The van der Waals surface area contributed by atoms with Crippen molar-refractivity contribution >= 4 is 29.2 Å². The first-order valence-electron chi connectivity index (χ1n) is 11.4. The number of benzene rings is 2. The normalized spacial score (nSPS) is 10.8. The van der Waals surface area contributed by atoms with Gasteiger partial charge in [0.15, 0.2) is 0 Å². The zero-order valence-electron chi connectivity index (χ0n) is 21.6. The predicted octanol–water partition coefficient (Wildman–Crippen LogP) is 4.61. The standard InChI is InChI=1S/C24H28N4O3.C2HF3O2/c1-15-8-6-7-9-19(15)23(29)25-18-10-11-22(21(14-18)24(30)31)27(4)13-12-20-16(2)26-28(5)17(20)3;3-2(4,5)1(6)7/h6-11,14H,12-13H2,1-5H3,(H,25,29)(H,30,31);(H,6,7). The van der Waals surface area contributed by atoms with Crippen LogP contribution in [-0.4, -0.2) is 57.6 Å². The average Bonchev–Trinajstić information content (AvgIpc) is 3.07. The van der Waals surface area contributed by atoms with Crippen LogP contribution in [0.4, 0.5) is 24.5 Å². The summed E-state index contributed by atoms with van der Waals surface area (Å²) in [5, 5.41) is 24.1. The molecule has 12 heteroatoms. The highest BCUT2D eigenvalue weighted by atomic mass is 19.4. The van der Waals surface area contributed by atoms with Gasteiger partial charge in [-0.3, -0.25) is 9.48 Å². The Bertz CT molecular complexity index is 1330. The molecule has 2 aromatic carbocycles. The molecule has 1 amide bonds. The topological polar surface area (TPSA) is 125 Å². The molecule has 1 heterocycles. The van der Waals surface area contributed by atoms with Crippen molar-refractivity contribution in [1.29, 1.82) is 0 Å². The van der Waals surface area contributed by atoms with Crippen molar-refractivity contribution < 1.29 is 37.8 Å². The fraction of sp³-hybridized carbons (Fsp3) is 0.308. The van der Waals surface area contributed by atoms with Gasteiger partial charge in [-0.1, -0.05) is 18.2 Å². The fourth-order valence-electron chi connectivity index (χ4n) is 3.72. The number of halogens is 3. The predicted molar refractivity (Wildman–Crippen MR) is 136 cm³/mol. The molecule has 0 atom stereocenters. The van der Waals surface area contributed by atoms with Crippen LogP contribution in [0.25, 0.3) is 0 Å². The van der Waals surface area contributed by atoms with E-state index >= 15 is 0 Å². The summed E-state index contributed by atoms with van der Waals surface area (Å²) in [5.41, 5.74) is 5.87. The maximum Gasteiger partial charge on any atom is 0.490 e. The Morgan fingerprint density at radius 2 is 1.63 bits per heavy atom. The second kappa shape index (κ2) is 12.3. The molecule has 1 aromatic heterocycles. The lowest BCUT2D eigenvalue weighted by atomic mass is 10.1. The Balaban J connectivity index is 0.000000638. The number of anilines is 2. The van der Waals surface area contributed by atoms with E-state index in [9.17, 15) is 27.9 Å². The summed E-state index contributed by atoms with van der Waals surface area (Å²) < 4.78 is 33.6. The number of aryl methyl sites for hydroxylation is 3. The molecule has 38 heavy (non-hydrogen) atoms. The number of likely N-dealkylation sites (N-methyl/N-ethyl adjacent to an activating group) is 1. The van der Waals surface area contributed by atoms with Crippen LogP contribution in [-0.2, 0) is 18.3 Å². The second-order valence-corrected chi connectivity index (χ2v) is 8.55. The van der Waals surface area contributed by atoms with Gasteiger partial charge in [0.25, 0.3) is 5.91 Å². The van der Waals surface area contributed by atoms with E-state index in [1.54, 1.807) is 24.3 Å². The lowest BCUT2D eigenvalue weighted by Crippen LogP contribution is -2.23. The van der Waals surface area contributed by atoms with Crippen LogP contribution in [0.5, 0.6) is 0 Å². The molecule has 3 rings (SSSR count). The van der Waals surface area contributed by atoms with E-state index < -0.39 is 18.1 Å². The number of carbonyl (C=O) groups excluding carboxylic acids is 1. The maximum absolute atomic E-state index is 12.6. The van der Waals surface area contributed by atoms with E-state index in [4.69, 9.17) is 9.90 Å². The third kappa shape index (κ3) is 7.58. The van der Waals surface area contributed by atoms with Crippen LogP contribution >= 0.6 is 0 Å². The molecule has 0 saturated heterocycles. The monoisotopic (exact) mass is 534 g/mol. The molecular weight excluding hydrogens is 505 g/mol. The zero-order valence-corrected chi connectivity index (χ0v) is 21.6. The summed E-state index contributed by atoms with van der Waals surface area (Å²) in [6, 6.07) is 12.2. The van der Waals surface area contributed by atoms with E-state index in [1.807, 2.05) is 56.6 Å². The van der Waals surface area contributed by atoms with Crippen LogP contribution in [0.3, 0.4) is 0 Å². The van der Waals surface area contributed by atoms with E-state index in [1.165, 1.54) is 11.6 Å². The molecule has 204 valence electrons. The summed E-state index contributed by atoms with van der Waals surface area (Å²) in [5.74, 6) is -4.06. The van der Waals surface area contributed by atoms with Crippen LogP contribution in [0.2, 0.25) is 0 Å². The Hall–Kier alpha value is -4.35. The number of hydrogen-bond donors (Lipinski definition) is 3. The van der Waals surface area contributed by atoms with Gasteiger partial charge in [0.1, 0.15) is 0 Å². The smallest absolute Gasteiger partial charge is 0.478 e. The van der Waals surface area contributed by atoms with Gasteiger partial charge in [-0.2, -0.15) is 18.3 Å². The SMILES string of the molecule is Cc1ccccc1C(=O)Nc1ccc(N(C)CCc2c(C)nn(C)c2C)c(C(=O)O)c1.O=C(O)C(F)(F)F. The molecule has 0 aliphatic rings. The van der Waals surface area contributed by atoms with Crippen LogP contribution < -0.4 is 10.2 Å². The van der Waals surface area contributed by atoms with Crippen molar-refractivity contribution in [2.24, 2.45) is 7.05 Å². The number of rotatable bonds is 7. The van der Waals surface area contributed by atoms with Crippen molar-refractivity contribution in [3.05, 3.63) is 76.1 Å². The highest BCUT2D eigenvalue weighted by Crippen LogP contribution is 2.25. The number of hydrogen-bond acceptors (Lipinski definition) is 5. The number of aliphatic carboxylic acids is 1. The van der Waals surface area contributed by atoms with Gasteiger partial charge in [0.05, 0.1) is 16.9 Å². The third-order valence-corrected chi connectivity index (χ3v) is 5.88. The van der Waals surface area contributed by atoms with E-state index in [-0.39, 0.29) is 11.5 Å². The minimum atomic E-state index is -5.08. The number of aromatic carboxylic acids is 1. The number of carboxylic acids is 2. The number of alkyl halides is 3. The lowest BCUT2D eigenvalue weighted by molar-refractivity contribution is -0.192. The molecule has 0 radical (unpaired) electrons. The van der Waals surface area contributed by atoms with Gasteiger partial charge in [0.2, 0.25) is 0 Å². The molecule has 0 saturated carbocycles. The second-order valence-electron chi connectivity index (χ2n) is 8.55. The molecule has 0 unspecified atom stereocenters. The minimum absolute atomic E-state index is 0.143. The van der Waals surface area contributed by atoms with Gasteiger partial charge in [-0.15, -0.1) is 0 Å². The van der Waals surface area contributed by atoms with Crippen LogP contribution in [0.15, 0.2) is 42.5 Å². The number of amides is 1. The first-order chi connectivity index (χ1) is 17.6. The molecule has 0 spiro atoms. The highest BCUT2D eigenvalue weighted by Gasteiger charge is 2.38. The Morgan fingerprint density at radius 1 is 1.03 bits per heavy atom. The Kier molecular flexibility index (Phi) is 9.64. The molecule has 3 aromatic rings. The van der Waals surface area contributed by atoms with Crippen molar-refractivity contribution in [3.63, 3.8) is 0 Å². The van der Waals surface area contributed by atoms with Crippen LogP contribution in [0.1, 0.15) is 43.2 Å². The van der Waals surface area contributed by atoms with E-state index in [0.29, 0.717) is 23.5 Å². The molecule has 0 bridgehead atoms. The number of carbonyl (C=O) groups is 3. The number of carboxylic acid groups (broad SMARTS) is 2. The molecule has 0 fully saturated rings. The van der Waals surface area contributed by atoms with Crippen molar-refractivity contribution in [2.45, 2.75) is 33.4 Å². The van der Waals surface area contributed by atoms with E-state index in [2.05, 4.69) is 10.4 Å². The van der Waals surface area contributed by atoms with Gasteiger partial charge >= 0.3 is 18.1 Å². The summed E-state index contributed by atoms with van der Waals surface area (Å²) in [4.78, 5) is 35.3. The quantitative estimate of drug-likeness (QED) is 0.404. The third-order valence-electron chi connectivity index (χ3n) is 5.88.